The number of fused-ring (bicyclic) bond motifs is 1. The maximum absolute atomic E-state index is 13.4. The van der Waals surface area contributed by atoms with Gasteiger partial charge in [0, 0.05) is 19.7 Å². The Hall–Kier alpha value is -3.27. The summed E-state index contributed by atoms with van der Waals surface area (Å²) >= 11 is 0. The van der Waals surface area contributed by atoms with Crippen molar-refractivity contribution in [2.75, 3.05) is 37.0 Å². The molecule has 1 aliphatic heterocycles. The summed E-state index contributed by atoms with van der Waals surface area (Å²) in [5.74, 6) is -0.0716. The van der Waals surface area contributed by atoms with Gasteiger partial charge in [-0.3, -0.25) is 13.9 Å². The van der Waals surface area contributed by atoms with E-state index in [0.29, 0.717) is 23.6 Å². The van der Waals surface area contributed by atoms with Gasteiger partial charge >= 0.3 is 0 Å². The van der Waals surface area contributed by atoms with Crippen LogP contribution in [0.1, 0.15) is 19.4 Å². The fourth-order valence-corrected chi connectivity index (χ4v) is 4.59. The van der Waals surface area contributed by atoms with Crippen LogP contribution >= 0.6 is 0 Å². The van der Waals surface area contributed by atoms with Gasteiger partial charge in [-0.25, -0.2) is 8.42 Å². The van der Waals surface area contributed by atoms with E-state index in [-0.39, 0.29) is 25.0 Å². The Morgan fingerprint density at radius 1 is 1.09 bits per heavy atom. The number of anilines is 1. The Kier molecular flexibility index (Phi) is 7.80. The third-order valence-electron chi connectivity index (χ3n) is 5.52. The van der Waals surface area contributed by atoms with Crippen LogP contribution in [0, 0.1) is 0 Å². The van der Waals surface area contributed by atoms with E-state index in [1.54, 1.807) is 25.1 Å². The molecule has 2 amide bonds. The zero-order valence-corrected chi connectivity index (χ0v) is 19.8. The molecule has 9 nitrogen and oxygen atoms in total. The number of hydrogen-bond donors (Lipinski definition) is 1. The molecule has 0 unspecified atom stereocenters. The number of benzene rings is 2. The molecule has 0 aromatic heterocycles. The highest BCUT2D eigenvalue weighted by Crippen LogP contribution is 2.36. The molecular formula is C23H29N3O6S. The minimum Gasteiger partial charge on any atom is -0.454 e. The highest BCUT2D eigenvalue weighted by Gasteiger charge is 2.31. The van der Waals surface area contributed by atoms with Gasteiger partial charge in [-0.05, 0) is 38.0 Å². The molecule has 0 aliphatic carbocycles. The third kappa shape index (κ3) is 5.75. The van der Waals surface area contributed by atoms with E-state index in [9.17, 15) is 18.0 Å². The number of nitrogens with zero attached hydrogens (tertiary/aromatic N) is 2. The maximum Gasteiger partial charge on any atom is 0.244 e. The number of ether oxygens (including phenoxy) is 2. The zero-order chi connectivity index (χ0) is 24.0. The predicted octanol–water partition coefficient (Wildman–Crippen LogP) is 1.78. The molecule has 0 spiro atoms. The Balaban J connectivity index is 1.87. The quantitative estimate of drug-likeness (QED) is 0.562. The van der Waals surface area contributed by atoms with Crippen LogP contribution in [0.3, 0.4) is 0 Å². The molecule has 33 heavy (non-hydrogen) atoms. The minimum atomic E-state index is -3.79. The Labute approximate surface area is 194 Å². The summed E-state index contributed by atoms with van der Waals surface area (Å²) in [5, 5.41) is 2.56. The highest BCUT2D eigenvalue weighted by molar-refractivity contribution is 7.92. The van der Waals surface area contributed by atoms with Gasteiger partial charge in [-0.2, -0.15) is 0 Å². The van der Waals surface area contributed by atoms with Crippen molar-refractivity contribution >= 4 is 27.5 Å². The van der Waals surface area contributed by atoms with Crippen molar-refractivity contribution in [2.24, 2.45) is 0 Å². The van der Waals surface area contributed by atoms with E-state index < -0.39 is 28.5 Å². The van der Waals surface area contributed by atoms with E-state index in [2.05, 4.69) is 5.32 Å². The summed E-state index contributed by atoms with van der Waals surface area (Å²) in [5.41, 5.74) is 1.30. The van der Waals surface area contributed by atoms with Crippen molar-refractivity contribution in [3.63, 3.8) is 0 Å². The molecule has 0 fully saturated rings. The fraction of sp³-hybridized carbons (Fsp3) is 0.391. The standard InChI is InChI=1S/C23H29N3O6S/c1-4-33(29,30)26(19-10-11-20-21(14-19)32-16-31-20)15-22(27)25(17(2)23(28)24-3)13-12-18-8-6-5-7-9-18/h5-11,14,17H,4,12-13,15-16H2,1-3H3,(H,24,28)/t17-/m0/s1. The SMILES string of the molecule is CCS(=O)(=O)N(CC(=O)N(CCc1ccccc1)[C@@H](C)C(=O)NC)c1ccc2c(c1)OCO2. The van der Waals surface area contributed by atoms with Crippen LogP contribution in [0.2, 0.25) is 0 Å². The molecule has 0 saturated carbocycles. The van der Waals surface area contributed by atoms with E-state index in [1.165, 1.54) is 18.9 Å². The maximum atomic E-state index is 13.4. The minimum absolute atomic E-state index is 0.0507. The van der Waals surface area contributed by atoms with Crippen molar-refractivity contribution in [3.8, 4) is 11.5 Å². The average Bonchev–Trinajstić information content (AvgIpc) is 3.30. The monoisotopic (exact) mass is 475 g/mol. The summed E-state index contributed by atoms with van der Waals surface area (Å²) in [4.78, 5) is 27.1. The normalized spacial score (nSPS) is 13.3. The van der Waals surface area contributed by atoms with Crippen LogP contribution in [-0.2, 0) is 26.0 Å². The lowest BCUT2D eigenvalue weighted by molar-refractivity contribution is -0.138. The lowest BCUT2D eigenvalue weighted by Gasteiger charge is -2.31. The first-order valence-corrected chi connectivity index (χ1v) is 12.3. The molecular weight excluding hydrogens is 446 g/mol. The Morgan fingerprint density at radius 2 is 1.79 bits per heavy atom. The lowest BCUT2D eigenvalue weighted by Crippen LogP contribution is -2.52. The predicted molar refractivity (Wildman–Crippen MR) is 125 cm³/mol. The first-order chi connectivity index (χ1) is 15.8. The molecule has 1 atom stereocenters. The van der Waals surface area contributed by atoms with E-state index in [4.69, 9.17) is 9.47 Å². The fourth-order valence-electron chi connectivity index (χ4n) is 3.54. The summed E-state index contributed by atoms with van der Waals surface area (Å²) in [6, 6.07) is 13.5. The number of hydrogen-bond acceptors (Lipinski definition) is 6. The number of sulfonamides is 1. The second-order valence-electron chi connectivity index (χ2n) is 7.56. The molecule has 1 aliphatic rings. The van der Waals surface area contributed by atoms with Gasteiger partial charge in [0.1, 0.15) is 12.6 Å². The van der Waals surface area contributed by atoms with Gasteiger partial charge in [-0.1, -0.05) is 30.3 Å². The Morgan fingerprint density at radius 3 is 2.45 bits per heavy atom. The number of nitrogens with one attached hydrogen (secondary N) is 1. The van der Waals surface area contributed by atoms with Crippen LogP contribution < -0.4 is 19.1 Å². The summed E-state index contributed by atoms with van der Waals surface area (Å²) < 4.78 is 37.5. The molecule has 178 valence electrons. The van der Waals surface area contributed by atoms with E-state index in [0.717, 1.165) is 9.87 Å². The van der Waals surface area contributed by atoms with Crippen molar-refractivity contribution in [2.45, 2.75) is 26.3 Å². The second-order valence-corrected chi connectivity index (χ2v) is 9.74. The Bertz CT molecular complexity index is 1090. The molecule has 0 radical (unpaired) electrons. The molecule has 3 rings (SSSR count). The van der Waals surface area contributed by atoms with Crippen molar-refractivity contribution < 1.29 is 27.5 Å². The topological polar surface area (TPSA) is 105 Å². The van der Waals surface area contributed by atoms with E-state index >= 15 is 0 Å². The third-order valence-corrected chi connectivity index (χ3v) is 7.26. The smallest absolute Gasteiger partial charge is 0.244 e. The zero-order valence-electron chi connectivity index (χ0n) is 19.0. The largest absolute Gasteiger partial charge is 0.454 e. The van der Waals surface area contributed by atoms with Gasteiger partial charge in [-0.15, -0.1) is 0 Å². The number of carbonyl (C=O) groups excluding carboxylic acids is 2. The van der Waals surface area contributed by atoms with Crippen molar-refractivity contribution in [3.05, 3.63) is 54.1 Å². The molecule has 2 aromatic carbocycles. The van der Waals surface area contributed by atoms with Crippen LogP contribution in [-0.4, -0.2) is 63.9 Å². The first kappa shape index (κ1) is 24.4. The van der Waals surface area contributed by atoms with Crippen LogP contribution in [0.4, 0.5) is 5.69 Å². The van der Waals surface area contributed by atoms with Crippen molar-refractivity contribution in [1.29, 1.82) is 0 Å². The van der Waals surface area contributed by atoms with Gasteiger partial charge in [0.25, 0.3) is 0 Å². The van der Waals surface area contributed by atoms with Gasteiger partial charge in [0.15, 0.2) is 11.5 Å². The number of rotatable bonds is 10. The molecule has 1 heterocycles. The molecule has 0 bridgehead atoms. The molecule has 1 N–H and O–H groups in total. The lowest BCUT2D eigenvalue weighted by atomic mass is 10.1. The van der Waals surface area contributed by atoms with E-state index in [1.807, 2.05) is 30.3 Å². The van der Waals surface area contributed by atoms with Gasteiger partial charge < -0.3 is 19.7 Å². The summed E-state index contributed by atoms with van der Waals surface area (Å²) in [7, 11) is -2.29. The highest BCUT2D eigenvalue weighted by atomic mass is 32.2. The van der Waals surface area contributed by atoms with Crippen molar-refractivity contribution in [1.82, 2.24) is 10.2 Å². The second kappa shape index (κ2) is 10.6. The summed E-state index contributed by atoms with van der Waals surface area (Å²) in [6.07, 6.45) is 0.526. The van der Waals surface area contributed by atoms with Gasteiger partial charge in [0.2, 0.25) is 28.6 Å². The number of carbonyl (C=O) groups is 2. The first-order valence-electron chi connectivity index (χ1n) is 10.7. The molecule has 2 aromatic rings. The van der Waals surface area contributed by atoms with Crippen LogP contribution in [0.15, 0.2) is 48.5 Å². The van der Waals surface area contributed by atoms with Gasteiger partial charge in [0.05, 0.1) is 11.4 Å². The summed E-state index contributed by atoms with van der Waals surface area (Å²) in [6.45, 7) is 3.01. The molecule has 0 saturated heterocycles. The molecule has 10 heteroatoms. The van der Waals surface area contributed by atoms with Crippen LogP contribution in [0.5, 0.6) is 11.5 Å². The van der Waals surface area contributed by atoms with Crippen LogP contribution in [0.25, 0.3) is 0 Å². The average molecular weight is 476 g/mol. The number of amides is 2. The number of likely N-dealkylation sites (N-methyl/N-ethyl adjacent to an activating group) is 1.